The molecule has 4 rings (SSSR count). The van der Waals surface area contributed by atoms with Gasteiger partial charge in [-0.05, 0) is 42.5 Å². The van der Waals surface area contributed by atoms with E-state index in [-0.39, 0.29) is 5.91 Å². The Hall–Kier alpha value is -2.57. The summed E-state index contributed by atoms with van der Waals surface area (Å²) in [7, 11) is 0. The molecule has 0 atom stereocenters. The Morgan fingerprint density at radius 1 is 1.17 bits per heavy atom. The van der Waals surface area contributed by atoms with Gasteiger partial charge in [-0.15, -0.1) is 11.3 Å². The molecule has 1 aliphatic rings. The smallest absolute Gasteiger partial charge is 0.230 e. The molecule has 6 heteroatoms. The minimum atomic E-state index is -0.0128. The molecule has 29 heavy (non-hydrogen) atoms. The Balaban J connectivity index is 1.55. The molecule has 0 aliphatic heterocycles. The van der Waals surface area contributed by atoms with Gasteiger partial charge in [0.15, 0.2) is 5.13 Å². The van der Waals surface area contributed by atoms with Crippen LogP contribution < -0.4 is 4.90 Å². The third-order valence-electron chi connectivity index (χ3n) is 5.20. The fraction of sp³-hybridized carbons (Fsp3) is 0.348. The maximum atomic E-state index is 12.5. The van der Waals surface area contributed by atoms with Crippen LogP contribution in [0.25, 0.3) is 0 Å². The monoisotopic (exact) mass is 406 g/mol. The quantitative estimate of drug-likeness (QED) is 0.531. The Labute approximate surface area is 176 Å². The molecule has 5 nitrogen and oxygen atoms in total. The second kappa shape index (κ2) is 8.84. The highest BCUT2D eigenvalue weighted by Crippen LogP contribution is 2.34. The van der Waals surface area contributed by atoms with Crippen molar-refractivity contribution >= 4 is 28.1 Å². The van der Waals surface area contributed by atoms with Gasteiger partial charge in [0.1, 0.15) is 0 Å². The minimum Gasteiger partial charge on any atom is -0.290 e. The fourth-order valence-electron chi connectivity index (χ4n) is 3.59. The van der Waals surface area contributed by atoms with E-state index in [1.165, 1.54) is 29.7 Å². The van der Waals surface area contributed by atoms with Crippen molar-refractivity contribution in [3.63, 3.8) is 0 Å². The Bertz CT molecular complexity index is 968. The first-order valence-electron chi connectivity index (χ1n) is 10.1. The predicted octanol–water partition coefficient (Wildman–Crippen LogP) is 4.95. The third-order valence-corrected chi connectivity index (χ3v) is 6.07. The van der Waals surface area contributed by atoms with E-state index in [1.54, 1.807) is 11.8 Å². The van der Waals surface area contributed by atoms with Crippen LogP contribution in [0.2, 0.25) is 0 Å². The summed E-state index contributed by atoms with van der Waals surface area (Å²) in [6, 6.07) is 12.8. The lowest BCUT2D eigenvalue weighted by atomic mass is 10.1. The second-order valence-electron chi connectivity index (χ2n) is 7.46. The average Bonchev–Trinajstić information content (AvgIpc) is 3.49. The van der Waals surface area contributed by atoms with Crippen LogP contribution in [-0.2, 0) is 24.3 Å². The first-order valence-corrected chi connectivity index (χ1v) is 11.0. The number of benzene rings is 1. The Morgan fingerprint density at radius 3 is 2.69 bits per heavy atom. The zero-order valence-electron chi connectivity index (χ0n) is 16.9. The summed E-state index contributed by atoms with van der Waals surface area (Å²) in [6.07, 6.45) is 7.09. The van der Waals surface area contributed by atoms with Crippen LogP contribution in [0.15, 0.2) is 54.2 Å². The van der Waals surface area contributed by atoms with E-state index in [4.69, 9.17) is 4.98 Å². The SMILES string of the molecule is CCc1ccccc1N(C(C)=O)c1nc(CN(Cc2cccnc2)C2CC2)cs1. The molecule has 0 radical (unpaired) electrons. The lowest BCUT2D eigenvalue weighted by molar-refractivity contribution is -0.115. The first-order chi connectivity index (χ1) is 14.2. The van der Waals surface area contributed by atoms with Crippen LogP contribution >= 0.6 is 11.3 Å². The molecule has 0 bridgehead atoms. The average molecular weight is 407 g/mol. The molecule has 0 spiro atoms. The van der Waals surface area contributed by atoms with Crippen molar-refractivity contribution in [2.45, 2.75) is 52.2 Å². The standard InChI is InChI=1S/C23H26N4OS/c1-3-19-8-4-5-9-22(19)27(17(2)28)23-25-20(16-29-23)15-26(21-10-11-21)14-18-7-6-12-24-13-18/h4-9,12-13,16,21H,3,10-11,14-15H2,1-2H3. The van der Waals surface area contributed by atoms with Crippen molar-refractivity contribution in [1.82, 2.24) is 14.9 Å². The van der Waals surface area contributed by atoms with Gasteiger partial charge in [0.05, 0.1) is 11.4 Å². The number of carbonyl (C=O) groups is 1. The normalized spacial score (nSPS) is 13.6. The molecule has 1 amide bonds. The molecular formula is C23H26N4OS. The number of thiazole rings is 1. The lowest BCUT2D eigenvalue weighted by Gasteiger charge is -2.22. The number of carbonyl (C=O) groups excluding carboxylic acids is 1. The highest BCUT2D eigenvalue weighted by Gasteiger charge is 2.30. The maximum Gasteiger partial charge on any atom is 0.230 e. The summed E-state index contributed by atoms with van der Waals surface area (Å²) in [5.74, 6) is -0.0128. The topological polar surface area (TPSA) is 49.3 Å². The van der Waals surface area contributed by atoms with E-state index in [1.807, 2.05) is 36.7 Å². The minimum absolute atomic E-state index is 0.0128. The van der Waals surface area contributed by atoms with Crippen molar-refractivity contribution in [3.8, 4) is 0 Å². The zero-order valence-corrected chi connectivity index (χ0v) is 17.7. The van der Waals surface area contributed by atoms with Crippen LogP contribution in [-0.4, -0.2) is 26.8 Å². The second-order valence-corrected chi connectivity index (χ2v) is 8.29. The number of pyridine rings is 1. The van der Waals surface area contributed by atoms with Gasteiger partial charge in [-0.2, -0.15) is 0 Å². The van der Waals surface area contributed by atoms with Crippen LogP contribution in [0.1, 0.15) is 43.5 Å². The van der Waals surface area contributed by atoms with Crippen molar-refractivity contribution in [1.29, 1.82) is 0 Å². The van der Waals surface area contributed by atoms with E-state index >= 15 is 0 Å². The van der Waals surface area contributed by atoms with E-state index in [0.29, 0.717) is 6.04 Å². The molecule has 2 aromatic heterocycles. The Morgan fingerprint density at radius 2 is 2.00 bits per heavy atom. The summed E-state index contributed by atoms with van der Waals surface area (Å²) in [4.78, 5) is 25.8. The lowest BCUT2D eigenvalue weighted by Crippen LogP contribution is -2.26. The Kier molecular flexibility index (Phi) is 6.02. The van der Waals surface area contributed by atoms with Crippen molar-refractivity contribution in [3.05, 3.63) is 71.0 Å². The summed E-state index contributed by atoms with van der Waals surface area (Å²) >= 11 is 1.54. The summed E-state index contributed by atoms with van der Waals surface area (Å²) < 4.78 is 0. The zero-order chi connectivity index (χ0) is 20.2. The molecule has 1 fully saturated rings. The number of para-hydroxylation sites is 1. The number of aromatic nitrogens is 2. The van der Waals surface area contributed by atoms with Crippen molar-refractivity contribution < 1.29 is 4.79 Å². The molecule has 1 aromatic carbocycles. The van der Waals surface area contributed by atoms with E-state index in [9.17, 15) is 4.79 Å². The summed E-state index contributed by atoms with van der Waals surface area (Å²) in [6.45, 7) is 5.38. The molecule has 1 saturated carbocycles. The molecular weight excluding hydrogens is 380 g/mol. The highest BCUT2D eigenvalue weighted by molar-refractivity contribution is 7.14. The first kappa shape index (κ1) is 19.7. The third kappa shape index (κ3) is 4.71. The number of amides is 1. The van der Waals surface area contributed by atoms with Crippen molar-refractivity contribution in [2.75, 3.05) is 4.90 Å². The van der Waals surface area contributed by atoms with E-state index in [2.05, 4.69) is 34.3 Å². The molecule has 0 saturated heterocycles. The largest absolute Gasteiger partial charge is 0.290 e. The van der Waals surface area contributed by atoms with Crippen LogP contribution in [0.3, 0.4) is 0 Å². The summed E-state index contributed by atoms with van der Waals surface area (Å²) in [5.41, 5.74) is 4.31. The molecule has 2 heterocycles. The van der Waals surface area contributed by atoms with Gasteiger partial charge < -0.3 is 0 Å². The summed E-state index contributed by atoms with van der Waals surface area (Å²) in [5, 5.41) is 2.82. The van der Waals surface area contributed by atoms with Gasteiger partial charge in [0.2, 0.25) is 5.91 Å². The number of aryl methyl sites for hydroxylation is 1. The van der Waals surface area contributed by atoms with Gasteiger partial charge in [-0.1, -0.05) is 31.2 Å². The van der Waals surface area contributed by atoms with Gasteiger partial charge in [-0.25, -0.2) is 4.98 Å². The van der Waals surface area contributed by atoms with Crippen LogP contribution in [0, 0.1) is 0 Å². The molecule has 0 unspecified atom stereocenters. The maximum absolute atomic E-state index is 12.5. The van der Waals surface area contributed by atoms with E-state index < -0.39 is 0 Å². The number of nitrogens with zero attached hydrogens (tertiary/aromatic N) is 4. The number of anilines is 2. The van der Waals surface area contributed by atoms with Gasteiger partial charge >= 0.3 is 0 Å². The van der Waals surface area contributed by atoms with E-state index in [0.717, 1.165) is 41.6 Å². The van der Waals surface area contributed by atoms with Crippen molar-refractivity contribution in [2.24, 2.45) is 0 Å². The van der Waals surface area contributed by atoms with Gasteiger partial charge in [0.25, 0.3) is 0 Å². The van der Waals surface area contributed by atoms with Crippen LogP contribution in [0.5, 0.6) is 0 Å². The fourth-order valence-corrected chi connectivity index (χ4v) is 4.47. The highest BCUT2D eigenvalue weighted by atomic mass is 32.1. The van der Waals surface area contributed by atoms with Gasteiger partial charge in [-0.3, -0.25) is 19.6 Å². The van der Waals surface area contributed by atoms with Crippen LogP contribution in [0.4, 0.5) is 10.8 Å². The number of rotatable bonds is 8. The van der Waals surface area contributed by atoms with Gasteiger partial charge in [0, 0.05) is 43.8 Å². The molecule has 1 aliphatic carbocycles. The predicted molar refractivity (Wildman–Crippen MR) is 117 cm³/mol. The molecule has 3 aromatic rings. The number of hydrogen-bond donors (Lipinski definition) is 0. The molecule has 0 N–H and O–H groups in total. The molecule has 150 valence electrons. The number of hydrogen-bond acceptors (Lipinski definition) is 5.